The van der Waals surface area contributed by atoms with E-state index in [1.54, 1.807) is 11.0 Å². The molecule has 0 unspecified atom stereocenters. The molecule has 0 saturated carbocycles. The van der Waals surface area contributed by atoms with Crippen LogP contribution in [-0.2, 0) is 14.6 Å². The lowest BCUT2D eigenvalue weighted by atomic mass is 10.1. The topological polar surface area (TPSA) is 100 Å². The van der Waals surface area contributed by atoms with E-state index in [-0.39, 0.29) is 23.0 Å². The van der Waals surface area contributed by atoms with Gasteiger partial charge in [0.1, 0.15) is 12.4 Å². The molecule has 10 heteroatoms. The molecule has 0 bridgehead atoms. The SMILES string of the molecule is Cc1cnc(N2CCN(C(=O)c3ccc(N4CCOC4=O)cc3S(C)(=O)=O)CC2)c(C)c1. The van der Waals surface area contributed by atoms with Crippen LogP contribution in [0.4, 0.5) is 16.3 Å². The van der Waals surface area contributed by atoms with Crippen LogP contribution in [0.2, 0.25) is 0 Å². The molecule has 0 N–H and O–H groups in total. The van der Waals surface area contributed by atoms with Crippen molar-refractivity contribution >= 4 is 33.3 Å². The van der Waals surface area contributed by atoms with E-state index in [0.717, 1.165) is 23.2 Å². The van der Waals surface area contributed by atoms with Crippen molar-refractivity contribution in [1.82, 2.24) is 9.88 Å². The zero-order chi connectivity index (χ0) is 23.0. The maximum absolute atomic E-state index is 13.2. The van der Waals surface area contributed by atoms with Crippen LogP contribution in [0.3, 0.4) is 0 Å². The van der Waals surface area contributed by atoms with Gasteiger partial charge in [-0.2, -0.15) is 0 Å². The van der Waals surface area contributed by atoms with Crippen LogP contribution in [0, 0.1) is 13.8 Å². The van der Waals surface area contributed by atoms with Crippen LogP contribution in [0.5, 0.6) is 0 Å². The molecule has 2 aliphatic heterocycles. The first-order chi connectivity index (χ1) is 15.1. The first kappa shape index (κ1) is 22.1. The van der Waals surface area contributed by atoms with E-state index in [4.69, 9.17) is 4.74 Å². The van der Waals surface area contributed by atoms with Crippen molar-refractivity contribution in [2.24, 2.45) is 0 Å². The molecule has 2 fully saturated rings. The van der Waals surface area contributed by atoms with Crippen molar-refractivity contribution in [2.45, 2.75) is 18.7 Å². The van der Waals surface area contributed by atoms with Crippen molar-refractivity contribution in [3.8, 4) is 0 Å². The summed E-state index contributed by atoms with van der Waals surface area (Å²) in [5, 5.41) is 0. The predicted octanol–water partition coefficient (Wildman–Crippen LogP) is 2.02. The maximum atomic E-state index is 13.2. The van der Waals surface area contributed by atoms with E-state index in [1.807, 2.05) is 20.0 Å². The Morgan fingerprint density at radius 3 is 2.38 bits per heavy atom. The van der Waals surface area contributed by atoms with Crippen LogP contribution in [0.25, 0.3) is 0 Å². The van der Waals surface area contributed by atoms with Crippen LogP contribution < -0.4 is 9.80 Å². The molecule has 9 nitrogen and oxygen atoms in total. The number of aryl methyl sites for hydroxylation is 2. The summed E-state index contributed by atoms with van der Waals surface area (Å²) in [5.41, 5.74) is 2.69. The van der Waals surface area contributed by atoms with E-state index in [2.05, 4.69) is 16.0 Å². The number of benzene rings is 1. The normalized spacial score (nSPS) is 17.0. The number of anilines is 2. The first-order valence-corrected chi connectivity index (χ1v) is 12.3. The number of pyridine rings is 1. The minimum absolute atomic E-state index is 0.0850. The number of sulfone groups is 1. The molecule has 0 atom stereocenters. The van der Waals surface area contributed by atoms with Crippen LogP contribution in [0.1, 0.15) is 21.5 Å². The lowest BCUT2D eigenvalue weighted by Crippen LogP contribution is -2.49. The van der Waals surface area contributed by atoms with Gasteiger partial charge in [0, 0.05) is 44.3 Å². The molecule has 4 rings (SSSR count). The molecule has 170 valence electrons. The van der Waals surface area contributed by atoms with Gasteiger partial charge < -0.3 is 14.5 Å². The number of carbonyl (C=O) groups excluding carboxylic acids is 2. The highest BCUT2D eigenvalue weighted by Gasteiger charge is 2.30. The number of nitrogens with zero attached hydrogens (tertiary/aromatic N) is 4. The second-order valence-electron chi connectivity index (χ2n) is 8.15. The first-order valence-electron chi connectivity index (χ1n) is 10.4. The number of amides is 2. The van der Waals surface area contributed by atoms with Gasteiger partial charge in [0.15, 0.2) is 9.84 Å². The Bertz CT molecular complexity index is 1170. The maximum Gasteiger partial charge on any atom is 0.414 e. The highest BCUT2D eigenvalue weighted by Crippen LogP contribution is 2.27. The fourth-order valence-corrected chi connectivity index (χ4v) is 5.01. The average Bonchev–Trinajstić information content (AvgIpc) is 3.18. The van der Waals surface area contributed by atoms with Gasteiger partial charge >= 0.3 is 6.09 Å². The van der Waals surface area contributed by atoms with E-state index >= 15 is 0 Å². The average molecular weight is 459 g/mol. The van der Waals surface area contributed by atoms with E-state index in [0.29, 0.717) is 38.4 Å². The van der Waals surface area contributed by atoms with Gasteiger partial charge in [0.05, 0.1) is 17.0 Å². The molecule has 0 radical (unpaired) electrons. The van der Waals surface area contributed by atoms with Gasteiger partial charge in [-0.15, -0.1) is 0 Å². The van der Waals surface area contributed by atoms with E-state index in [1.165, 1.54) is 17.0 Å². The number of hydrogen-bond acceptors (Lipinski definition) is 7. The minimum Gasteiger partial charge on any atom is -0.447 e. The number of piperazine rings is 1. The lowest BCUT2D eigenvalue weighted by Gasteiger charge is -2.36. The fraction of sp³-hybridized carbons (Fsp3) is 0.409. The molecule has 2 aliphatic rings. The van der Waals surface area contributed by atoms with E-state index < -0.39 is 15.9 Å². The zero-order valence-electron chi connectivity index (χ0n) is 18.4. The molecule has 3 heterocycles. The summed E-state index contributed by atoms with van der Waals surface area (Å²) in [6.07, 6.45) is 2.37. The van der Waals surface area contributed by atoms with Crippen molar-refractivity contribution in [2.75, 3.05) is 55.4 Å². The number of rotatable bonds is 4. The van der Waals surface area contributed by atoms with Crippen molar-refractivity contribution in [1.29, 1.82) is 0 Å². The smallest absolute Gasteiger partial charge is 0.414 e. The molecule has 0 aliphatic carbocycles. The van der Waals surface area contributed by atoms with Gasteiger partial charge in [-0.1, -0.05) is 6.07 Å². The van der Waals surface area contributed by atoms with E-state index in [9.17, 15) is 18.0 Å². The standard InChI is InChI=1S/C22H26N4O5S/c1-15-12-16(2)20(23-14-15)24-6-8-25(9-7-24)21(27)18-5-4-17(13-19(18)32(3,29)30)26-10-11-31-22(26)28/h4-5,12-14H,6-11H2,1-3H3. The third-order valence-corrected chi connectivity index (χ3v) is 6.86. The lowest BCUT2D eigenvalue weighted by molar-refractivity contribution is 0.0742. The highest BCUT2D eigenvalue weighted by atomic mass is 32.2. The molecule has 1 aromatic heterocycles. The largest absolute Gasteiger partial charge is 0.447 e. The summed E-state index contributed by atoms with van der Waals surface area (Å²) in [6.45, 7) is 6.72. The Morgan fingerprint density at radius 1 is 1.06 bits per heavy atom. The molecular weight excluding hydrogens is 432 g/mol. The monoisotopic (exact) mass is 458 g/mol. The molecule has 2 amide bonds. The summed E-state index contributed by atoms with van der Waals surface area (Å²) in [6, 6.07) is 6.53. The molecule has 2 aromatic rings. The molecule has 2 saturated heterocycles. The van der Waals surface area contributed by atoms with Crippen LogP contribution >= 0.6 is 0 Å². The number of cyclic esters (lactones) is 1. The molecule has 0 spiro atoms. The van der Waals surface area contributed by atoms with Gasteiger partial charge in [-0.3, -0.25) is 9.69 Å². The quantitative estimate of drug-likeness (QED) is 0.691. The summed E-state index contributed by atoms with van der Waals surface area (Å²) >= 11 is 0. The number of aromatic nitrogens is 1. The number of carbonyl (C=O) groups is 2. The van der Waals surface area contributed by atoms with Gasteiger partial charge in [-0.25, -0.2) is 18.2 Å². The van der Waals surface area contributed by atoms with Crippen molar-refractivity contribution < 1.29 is 22.7 Å². The Hall–Kier alpha value is -3.14. The second-order valence-corrected chi connectivity index (χ2v) is 10.1. The Kier molecular flexibility index (Phi) is 5.81. The summed E-state index contributed by atoms with van der Waals surface area (Å²) in [5.74, 6) is 0.565. The Balaban J connectivity index is 1.55. The minimum atomic E-state index is -3.70. The van der Waals surface area contributed by atoms with Gasteiger partial charge in [0.25, 0.3) is 5.91 Å². The molecule has 32 heavy (non-hydrogen) atoms. The van der Waals surface area contributed by atoms with Crippen molar-refractivity contribution in [3.63, 3.8) is 0 Å². The fourth-order valence-electron chi connectivity index (χ4n) is 4.12. The van der Waals surface area contributed by atoms with Crippen LogP contribution in [-0.4, -0.2) is 75.9 Å². The Morgan fingerprint density at radius 2 is 1.78 bits per heavy atom. The summed E-state index contributed by atoms with van der Waals surface area (Å²) < 4.78 is 29.9. The number of ether oxygens (including phenoxy) is 1. The predicted molar refractivity (Wildman–Crippen MR) is 120 cm³/mol. The van der Waals surface area contributed by atoms with Crippen molar-refractivity contribution in [3.05, 3.63) is 47.2 Å². The highest BCUT2D eigenvalue weighted by molar-refractivity contribution is 7.90. The summed E-state index contributed by atoms with van der Waals surface area (Å²) in [4.78, 5) is 34.7. The third-order valence-electron chi connectivity index (χ3n) is 5.72. The summed E-state index contributed by atoms with van der Waals surface area (Å²) in [7, 11) is -3.70. The van der Waals surface area contributed by atoms with Crippen LogP contribution in [0.15, 0.2) is 35.4 Å². The Labute approximate surface area is 187 Å². The van der Waals surface area contributed by atoms with Gasteiger partial charge in [-0.05, 0) is 43.2 Å². The molecular formula is C22H26N4O5S. The third kappa shape index (κ3) is 4.27. The zero-order valence-corrected chi connectivity index (χ0v) is 19.2. The second kappa shape index (κ2) is 8.42. The molecule has 1 aromatic carbocycles. The van der Waals surface area contributed by atoms with Gasteiger partial charge in [0.2, 0.25) is 0 Å². The number of hydrogen-bond donors (Lipinski definition) is 0.